The molecule has 2 aromatic heterocycles. The number of carbonyl (C=O) groups is 2. The second kappa shape index (κ2) is 6.02. The number of hydrogen-bond donors (Lipinski definition) is 2. The first kappa shape index (κ1) is 15.5. The van der Waals surface area contributed by atoms with Crippen LogP contribution in [0.25, 0.3) is 0 Å². The zero-order valence-corrected chi connectivity index (χ0v) is 14.3. The van der Waals surface area contributed by atoms with E-state index in [1.54, 1.807) is 12.1 Å². The van der Waals surface area contributed by atoms with E-state index in [4.69, 9.17) is 17.3 Å². The van der Waals surface area contributed by atoms with E-state index >= 15 is 0 Å². The van der Waals surface area contributed by atoms with Gasteiger partial charge in [0.25, 0.3) is 11.8 Å². The van der Waals surface area contributed by atoms with E-state index in [-0.39, 0.29) is 5.91 Å². The Morgan fingerprint density at radius 2 is 2.14 bits per heavy atom. The number of primary amides is 1. The van der Waals surface area contributed by atoms with Crippen LogP contribution < -0.4 is 11.1 Å². The summed E-state index contributed by atoms with van der Waals surface area (Å²) in [7, 11) is 0. The summed E-state index contributed by atoms with van der Waals surface area (Å²) in [6, 6.07) is 3.35. The standard InChI is InChI=1S/C15H15ClN2O2S2/c1-7-2-3-8-10(6-7)22-15(12(8)13(17)19)18-14(20)9-4-5-11(16)21-9/h4-5,7H,2-3,6H2,1H3,(H2,17,19)(H,18,20). The Kier molecular flexibility index (Phi) is 4.25. The molecule has 7 heteroatoms. The van der Waals surface area contributed by atoms with Gasteiger partial charge in [-0.05, 0) is 42.9 Å². The number of halogens is 1. The number of nitrogens with two attached hydrogens (primary N) is 1. The molecule has 3 rings (SSSR count). The molecule has 0 fully saturated rings. The lowest BCUT2D eigenvalue weighted by Crippen LogP contribution is -2.19. The molecule has 1 aliphatic rings. The number of carbonyl (C=O) groups excluding carboxylic acids is 2. The molecular formula is C15H15ClN2O2S2. The van der Waals surface area contributed by atoms with Gasteiger partial charge in [0.05, 0.1) is 14.8 Å². The zero-order chi connectivity index (χ0) is 15.9. The van der Waals surface area contributed by atoms with E-state index < -0.39 is 5.91 Å². The summed E-state index contributed by atoms with van der Waals surface area (Å²) in [5.74, 6) is -0.149. The van der Waals surface area contributed by atoms with Crippen LogP contribution >= 0.6 is 34.3 Å². The Morgan fingerprint density at radius 3 is 2.77 bits per heavy atom. The zero-order valence-electron chi connectivity index (χ0n) is 11.9. The molecule has 4 nitrogen and oxygen atoms in total. The van der Waals surface area contributed by atoms with Crippen molar-refractivity contribution in [3.8, 4) is 0 Å². The van der Waals surface area contributed by atoms with Crippen LogP contribution in [0.3, 0.4) is 0 Å². The third-order valence-corrected chi connectivity index (χ3v) is 6.18. The molecular weight excluding hydrogens is 340 g/mol. The van der Waals surface area contributed by atoms with E-state index in [0.717, 1.165) is 29.7 Å². The molecule has 1 atom stereocenters. The van der Waals surface area contributed by atoms with Crippen LogP contribution in [0, 0.1) is 5.92 Å². The van der Waals surface area contributed by atoms with E-state index in [2.05, 4.69) is 12.2 Å². The van der Waals surface area contributed by atoms with Gasteiger partial charge in [0, 0.05) is 4.88 Å². The molecule has 2 amide bonds. The van der Waals surface area contributed by atoms with Gasteiger partial charge in [0.2, 0.25) is 0 Å². The van der Waals surface area contributed by atoms with Gasteiger partial charge < -0.3 is 11.1 Å². The van der Waals surface area contributed by atoms with Gasteiger partial charge in [-0.25, -0.2) is 0 Å². The monoisotopic (exact) mass is 354 g/mol. The third-order valence-electron chi connectivity index (χ3n) is 3.78. The smallest absolute Gasteiger partial charge is 0.266 e. The minimum Gasteiger partial charge on any atom is -0.365 e. The van der Waals surface area contributed by atoms with Crippen molar-refractivity contribution in [2.45, 2.75) is 26.2 Å². The molecule has 2 aromatic rings. The van der Waals surface area contributed by atoms with Gasteiger partial charge in [-0.1, -0.05) is 18.5 Å². The summed E-state index contributed by atoms with van der Waals surface area (Å²) >= 11 is 8.52. The number of thiophene rings is 2. The number of fused-ring (bicyclic) bond motifs is 1. The van der Waals surface area contributed by atoms with Crippen molar-refractivity contribution < 1.29 is 9.59 Å². The molecule has 2 heterocycles. The van der Waals surface area contributed by atoms with E-state index in [9.17, 15) is 9.59 Å². The van der Waals surface area contributed by atoms with Gasteiger partial charge in [-0.15, -0.1) is 22.7 Å². The molecule has 3 N–H and O–H groups in total. The summed E-state index contributed by atoms with van der Waals surface area (Å²) in [5, 5.41) is 3.38. The Balaban J connectivity index is 1.93. The predicted molar refractivity (Wildman–Crippen MR) is 91.3 cm³/mol. The number of nitrogens with one attached hydrogen (secondary N) is 1. The van der Waals surface area contributed by atoms with Crippen LogP contribution in [-0.2, 0) is 12.8 Å². The van der Waals surface area contributed by atoms with Gasteiger partial charge in [-0.2, -0.15) is 0 Å². The van der Waals surface area contributed by atoms with E-state index in [1.165, 1.54) is 22.7 Å². The number of anilines is 1. The van der Waals surface area contributed by atoms with Crippen molar-refractivity contribution in [1.29, 1.82) is 0 Å². The van der Waals surface area contributed by atoms with Crippen molar-refractivity contribution >= 4 is 51.1 Å². The number of hydrogen-bond acceptors (Lipinski definition) is 4. The first-order valence-corrected chi connectivity index (χ1v) is 8.97. The lowest BCUT2D eigenvalue weighted by molar-refractivity contribution is 0.1000. The number of rotatable bonds is 3. The molecule has 0 radical (unpaired) electrons. The molecule has 0 saturated heterocycles. The van der Waals surface area contributed by atoms with Gasteiger partial charge in [0.1, 0.15) is 5.00 Å². The highest BCUT2D eigenvalue weighted by atomic mass is 35.5. The first-order valence-electron chi connectivity index (χ1n) is 6.96. The largest absolute Gasteiger partial charge is 0.365 e. The highest BCUT2D eigenvalue weighted by Gasteiger charge is 2.27. The second-order valence-electron chi connectivity index (χ2n) is 5.48. The van der Waals surface area contributed by atoms with Crippen molar-refractivity contribution in [3.63, 3.8) is 0 Å². The third kappa shape index (κ3) is 2.91. The van der Waals surface area contributed by atoms with Crippen LogP contribution in [0.1, 0.15) is 43.8 Å². The molecule has 0 spiro atoms. The highest BCUT2D eigenvalue weighted by molar-refractivity contribution is 7.18. The summed E-state index contributed by atoms with van der Waals surface area (Å²) in [4.78, 5) is 25.8. The molecule has 1 unspecified atom stereocenters. The molecule has 0 aromatic carbocycles. The van der Waals surface area contributed by atoms with Crippen molar-refractivity contribution in [2.75, 3.05) is 5.32 Å². The van der Waals surface area contributed by atoms with Crippen LogP contribution in [-0.4, -0.2) is 11.8 Å². The maximum absolute atomic E-state index is 12.3. The fourth-order valence-electron chi connectivity index (χ4n) is 2.70. The Morgan fingerprint density at radius 1 is 1.36 bits per heavy atom. The molecule has 0 bridgehead atoms. The molecule has 0 saturated carbocycles. The van der Waals surface area contributed by atoms with E-state index in [0.29, 0.717) is 25.7 Å². The van der Waals surface area contributed by atoms with Crippen LogP contribution in [0.4, 0.5) is 5.00 Å². The van der Waals surface area contributed by atoms with Gasteiger partial charge in [0.15, 0.2) is 0 Å². The van der Waals surface area contributed by atoms with Crippen molar-refractivity contribution in [1.82, 2.24) is 0 Å². The normalized spacial score (nSPS) is 17.1. The maximum atomic E-state index is 12.3. The van der Waals surface area contributed by atoms with Crippen molar-refractivity contribution in [2.24, 2.45) is 11.7 Å². The lowest BCUT2D eigenvalue weighted by atomic mass is 9.88. The topological polar surface area (TPSA) is 72.2 Å². The molecule has 22 heavy (non-hydrogen) atoms. The van der Waals surface area contributed by atoms with E-state index in [1.807, 2.05) is 0 Å². The SMILES string of the molecule is CC1CCc2c(sc(NC(=O)c3ccc(Cl)s3)c2C(N)=O)C1. The Labute approximate surface area is 141 Å². The quantitative estimate of drug-likeness (QED) is 0.876. The average Bonchev–Trinajstić information content (AvgIpc) is 3.01. The Hall–Kier alpha value is -1.37. The second-order valence-corrected chi connectivity index (χ2v) is 8.30. The van der Waals surface area contributed by atoms with Gasteiger partial charge in [-0.3, -0.25) is 9.59 Å². The summed E-state index contributed by atoms with van der Waals surface area (Å²) in [5.41, 5.74) is 7.02. The highest BCUT2D eigenvalue weighted by Crippen LogP contribution is 2.39. The number of amides is 2. The predicted octanol–water partition coefficient (Wildman–Crippen LogP) is 3.94. The summed E-state index contributed by atoms with van der Waals surface area (Å²) in [6.45, 7) is 2.19. The van der Waals surface area contributed by atoms with Crippen LogP contribution in [0.2, 0.25) is 4.34 Å². The van der Waals surface area contributed by atoms with Crippen LogP contribution in [0.15, 0.2) is 12.1 Å². The minimum absolute atomic E-state index is 0.258. The minimum atomic E-state index is -0.480. The summed E-state index contributed by atoms with van der Waals surface area (Å²) < 4.78 is 0.555. The average molecular weight is 355 g/mol. The first-order chi connectivity index (χ1) is 10.5. The Bertz CT molecular complexity index is 751. The fraction of sp³-hybridized carbons (Fsp3) is 0.333. The maximum Gasteiger partial charge on any atom is 0.266 e. The lowest BCUT2D eigenvalue weighted by Gasteiger charge is -2.18. The van der Waals surface area contributed by atoms with Crippen LogP contribution in [0.5, 0.6) is 0 Å². The van der Waals surface area contributed by atoms with Crippen molar-refractivity contribution in [3.05, 3.63) is 37.4 Å². The summed E-state index contributed by atoms with van der Waals surface area (Å²) in [6.07, 6.45) is 2.81. The molecule has 1 aliphatic carbocycles. The molecule has 0 aliphatic heterocycles. The van der Waals surface area contributed by atoms with Gasteiger partial charge >= 0.3 is 0 Å². The fourth-order valence-corrected chi connectivity index (χ4v) is 5.05. The molecule has 116 valence electrons.